The van der Waals surface area contributed by atoms with Crippen molar-refractivity contribution in [1.82, 2.24) is 0 Å². The summed E-state index contributed by atoms with van der Waals surface area (Å²) in [7, 11) is -4.06. The molecule has 0 heterocycles. The maximum Gasteiger partial charge on any atom is 0.294 e. The highest BCUT2D eigenvalue weighted by Crippen LogP contribution is 2.26. The predicted molar refractivity (Wildman–Crippen MR) is 158 cm³/mol. The lowest BCUT2D eigenvalue weighted by Gasteiger charge is -2.04. The van der Waals surface area contributed by atoms with Crippen LogP contribution in [0.25, 0.3) is 0 Å². The number of hydrogen-bond donors (Lipinski definition) is 3. The molecule has 0 unspecified atom stereocenters. The molecule has 206 valence electrons. The highest BCUT2D eigenvalue weighted by molar-refractivity contribution is 7.85. The van der Waals surface area contributed by atoms with Gasteiger partial charge in [0.25, 0.3) is 10.1 Å². The minimum absolute atomic E-state index is 0.0284. The number of rotatable bonds is 14. The Balaban J connectivity index is 0.000000279. The van der Waals surface area contributed by atoms with Crippen LogP contribution in [0.4, 0.5) is 22.7 Å². The Kier molecular flexibility index (Phi) is 14.1. The van der Waals surface area contributed by atoms with E-state index >= 15 is 0 Å². The Morgan fingerprint density at radius 1 is 0.711 bits per heavy atom. The highest BCUT2D eigenvalue weighted by atomic mass is 32.2. The quantitative estimate of drug-likeness (QED) is 0.0817. The zero-order valence-corrected chi connectivity index (χ0v) is 23.2. The third kappa shape index (κ3) is 12.8. The van der Waals surface area contributed by atoms with E-state index in [0.717, 1.165) is 24.1 Å². The first-order chi connectivity index (χ1) is 18.3. The molecule has 8 heteroatoms. The first-order valence-electron chi connectivity index (χ1n) is 13.5. The summed E-state index contributed by atoms with van der Waals surface area (Å²) in [6.07, 6.45) is 14.1. The van der Waals surface area contributed by atoms with Crippen LogP contribution in [0, 0.1) is 0 Å². The molecule has 3 aromatic rings. The molecule has 0 fully saturated rings. The van der Waals surface area contributed by atoms with Gasteiger partial charge in [0.15, 0.2) is 0 Å². The van der Waals surface area contributed by atoms with Gasteiger partial charge >= 0.3 is 0 Å². The van der Waals surface area contributed by atoms with Gasteiger partial charge in [0.2, 0.25) is 0 Å². The smallest absolute Gasteiger partial charge is 0.294 e. The monoisotopic (exact) mass is 538 g/mol. The van der Waals surface area contributed by atoms with Crippen molar-refractivity contribution in [2.75, 3.05) is 11.5 Å². The molecule has 0 aliphatic heterocycles. The number of hydrogen-bond acceptors (Lipinski definition) is 6. The average Bonchev–Trinajstić information content (AvgIpc) is 2.90. The van der Waals surface area contributed by atoms with Crippen LogP contribution in [-0.2, 0) is 16.5 Å². The molecule has 0 spiro atoms. The SMILES string of the molecule is CCCCCCCCCCCCc1ccc(S(=O)(=O)O)cc1.Nc1ccc(N=Nc2ccccc2)c(N)c1. The van der Waals surface area contributed by atoms with Crippen LogP contribution in [0.2, 0.25) is 0 Å². The molecule has 38 heavy (non-hydrogen) atoms. The van der Waals surface area contributed by atoms with Gasteiger partial charge in [0.05, 0.1) is 16.3 Å². The van der Waals surface area contributed by atoms with Gasteiger partial charge in [-0.05, 0) is 60.9 Å². The normalized spacial score (nSPS) is 11.3. The third-order valence-corrected chi connectivity index (χ3v) is 6.99. The van der Waals surface area contributed by atoms with Crippen molar-refractivity contribution in [2.24, 2.45) is 10.2 Å². The van der Waals surface area contributed by atoms with Gasteiger partial charge in [-0.2, -0.15) is 13.5 Å². The van der Waals surface area contributed by atoms with Crippen molar-refractivity contribution in [3.8, 4) is 0 Å². The number of benzene rings is 3. The summed E-state index contributed by atoms with van der Waals surface area (Å²) < 4.78 is 30.8. The Morgan fingerprint density at radius 3 is 1.84 bits per heavy atom. The van der Waals surface area contributed by atoms with Gasteiger partial charge in [-0.1, -0.05) is 95.0 Å². The van der Waals surface area contributed by atoms with E-state index in [2.05, 4.69) is 17.2 Å². The molecule has 3 aromatic carbocycles. The molecular formula is C30H42N4O3S. The van der Waals surface area contributed by atoms with Crippen LogP contribution < -0.4 is 11.5 Å². The van der Waals surface area contributed by atoms with Gasteiger partial charge in [-0.15, -0.1) is 5.11 Å². The molecule has 0 amide bonds. The third-order valence-electron chi connectivity index (χ3n) is 6.12. The summed E-state index contributed by atoms with van der Waals surface area (Å²) in [5.41, 5.74) is 15.0. The van der Waals surface area contributed by atoms with E-state index in [-0.39, 0.29) is 4.90 Å². The molecule has 0 radical (unpaired) electrons. The second-order valence-electron chi connectivity index (χ2n) is 9.40. The summed E-state index contributed by atoms with van der Waals surface area (Å²) in [6.45, 7) is 2.25. The minimum Gasteiger partial charge on any atom is -0.399 e. The van der Waals surface area contributed by atoms with Gasteiger partial charge in [-0.25, -0.2) is 0 Å². The minimum atomic E-state index is -4.06. The zero-order chi connectivity index (χ0) is 27.6. The summed E-state index contributed by atoms with van der Waals surface area (Å²) in [5, 5.41) is 8.13. The van der Waals surface area contributed by atoms with Crippen molar-refractivity contribution >= 4 is 32.9 Å². The van der Waals surface area contributed by atoms with Crippen LogP contribution in [0.15, 0.2) is 87.9 Å². The highest BCUT2D eigenvalue weighted by Gasteiger charge is 2.08. The van der Waals surface area contributed by atoms with Crippen LogP contribution in [0.1, 0.15) is 76.7 Å². The lowest BCUT2D eigenvalue weighted by molar-refractivity contribution is 0.483. The van der Waals surface area contributed by atoms with Crippen LogP contribution >= 0.6 is 0 Å². The van der Waals surface area contributed by atoms with E-state index in [4.69, 9.17) is 16.0 Å². The lowest BCUT2D eigenvalue weighted by Crippen LogP contribution is -1.98. The Bertz CT molecular complexity index is 1200. The van der Waals surface area contributed by atoms with Crippen LogP contribution in [0.3, 0.4) is 0 Å². The van der Waals surface area contributed by atoms with Crippen LogP contribution in [0.5, 0.6) is 0 Å². The standard InChI is InChI=1S/C18H30O3S.C12H12N4/c1-2-3-4-5-6-7-8-9-10-11-12-17-13-15-18(16-14-17)22(19,20)21;13-9-6-7-12(11(14)8-9)16-15-10-4-2-1-3-5-10/h13-16H,2-12H2,1H3,(H,19,20,21);1-8H,13-14H2. The predicted octanol–water partition coefficient (Wildman–Crippen LogP) is 8.66. The molecule has 0 aromatic heterocycles. The molecule has 0 aliphatic carbocycles. The summed E-state index contributed by atoms with van der Waals surface area (Å²) in [4.78, 5) is -0.0284. The van der Waals surface area contributed by atoms with E-state index in [1.54, 1.807) is 30.3 Å². The van der Waals surface area contributed by atoms with Gasteiger partial charge in [-0.3, -0.25) is 4.55 Å². The number of azo groups is 1. The summed E-state index contributed by atoms with van der Waals surface area (Å²) >= 11 is 0. The first kappa shape index (κ1) is 31.0. The molecule has 5 N–H and O–H groups in total. The molecular weight excluding hydrogens is 496 g/mol. The van der Waals surface area contributed by atoms with E-state index in [0.29, 0.717) is 17.1 Å². The Morgan fingerprint density at radius 2 is 1.29 bits per heavy atom. The fourth-order valence-electron chi connectivity index (χ4n) is 3.91. The molecule has 0 aliphatic rings. The Hall–Kier alpha value is -3.23. The molecule has 0 bridgehead atoms. The second-order valence-corrected chi connectivity index (χ2v) is 10.8. The van der Waals surface area contributed by atoms with E-state index < -0.39 is 10.1 Å². The first-order valence-corrected chi connectivity index (χ1v) is 14.9. The number of anilines is 2. The van der Waals surface area contributed by atoms with E-state index in [1.165, 1.54) is 69.9 Å². The fraction of sp³-hybridized carbons (Fsp3) is 0.400. The van der Waals surface area contributed by atoms with Gasteiger partial charge in [0.1, 0.15) is 5.69 Å². The van der Waals surface area contributed by atoms with Crippen molar-refractivity contribution in [3.05, 3.63) is 78.4 Å². The number of nitrogens with zero attached hydrogens (tertiary/aromatic N) is 2. The number of unbranched alkanes of at least 4 members (excludes halogenated alkanes) is 9. The van der Waals surface area contributed by atoms with E-state index in [1.807, 2.05) is 30.3 Å². The zero-order valence-electron chi connectivity index (χ0n) is 22.4. The molecule has 3 rings (SSSR count). The van der Waals surface area contributed by atoms with Crippen molar-refractivity contribution in [2.45, 2.75) is 82.4 Å². The molecule has 0 saturated heterocycles. The lowest BCUT2D eigenvalue weighted by atomic mass is 10.0. The topological polar surface area (TPSA) is 131 Å². The Labute approximate surface area is 228 Å². The fourth-order valence-corrected chi connectivity index (χ4v) is 4.40. The molecule has 0 atom stereocenters. The maximum atomic E-state index is 10.9. The van der Waals surface area contributed by atoms with Gasteiger partial charge in [0, 0.05) is 5.69 Å². The summed E-state index contributed by atoms with van der Waals surface area (Å²) in [5.74, 6) is 0. The summed E-state index contributed by atoms with van der Waals surface area (Å²) in [6, 6.07) is 21.2. The van der Waals surface area contributed by atoms with Crippen molar-refractivity contribution in [3.63, 3.8) is 0 Å². The number of nitrogen functional groups attached to an aromatic ring is 2. The van der Waals surface area contributed by atoms with Gasteiger partial charge < -0.3 is 11.5 Å². The maximum absolute atomic E-state index is 10.9. The van der Waals surface area contributed by atoms with Crippen molar-refractivity contribution in [1.29, 1.82) is 0 Å². The van der Waals surface area contributed by atoms with Crippen LogP contribution in [-0.4, -0.2) is 13.0 Å². The largest absolute Gasteiger partial charge is 0.399 e. The average molecular weight is 539 g/mol. The molecule has 0 saturated carbocycles. The second kappa shape index (κ2) is 17.3. The number of aryl methyl sites for hydroxylation is 1. The number of nitrogens with two attached hydrogens (primary N) is 2. The molecule has 7 nitrogen and oxygen atoms in total. The van der Waals surface area contributed by atoms with E-state index in [9.17, 15) is 8.42 Å². The van der Waals surface area contributed by atoms with Crippen molar-refractivity contribution < 1.29 is 13.0 Å².